The summed E-state index contributed by atoms with van der Waals surface area (Å²) in [6.45, 7) is 18.4. The molecule has 2 nitrogen and oxygen atoms in total. The van der Waals surface area contributed by atoms with Gasteiger partial charge >= 0.3 is 0 Å². The molecular weight excluding hydrogens is 629 g/mol. The quantitative estimate of drug-likeness (QED) is 0.0489. The second-order valence-electron chi connectivity index (χ2n) is 17.4. The van der Waals surface area contributed by atoms with Gasteiger partial charge in [-0.1, -0.05) is 234 Å². The second-order valence-corrected chi connectivity index (χ2v) is 17.4. The molecule has 0 aliphatic heterocycles. The average Bonchev–Trinajstić information content (AvgIpc) is 3.15. The first-order valence-electron chi connectivity index (χ1n) is 25.2. The van der Waals surface area contributed by atoms with Crippen molar-refractivity contribution < 1.29 is 4.48 Å². The summed E-state index contributed by atoms with van der Waals surface area (Å²) in [5.74, 6) is 0. The largest absolute Gasteiger partial charge is 0.330 e. The first-order valence-corrected chi connectivity index (χ1v) is 25.2. The molecule has 2 heteroatoms. The smallest absolute Gasteiger partial charge is 0.0786 e. The Hall–Kier alpha value is -0.0800. The zero-order chi connectivity index (χ0) is 38.3. The van der Waals surface area contributed by atoms with Crippen molar-refractivity contribution in [3.8, 4) is 0 Å². The van der Waals surface area contributed by atoms with Crippen LogP contribution in [0.2, 0.25) is 0 Å². The third-order valence-corrected chi connectivity index (χ3v) is 12.0. The van der Waals surface area contributed by atoms with E-state index in [-0.39, 0.29) is 0 Å². The number of nitrogens with zero attached hydrogens (tertiary/aromatic N) is 1. The first-order chi connectivity index (χ1) is 25.7. The van der Waals surface area contributed by atoms with Gasteiger partial charge < -0.3 is 10.2 Å². The summed E-state index contributed by atoms with van der Waals surface area (Å²) in [5, 5.41) is 0. The summed E-state index contributed by atoms with van der Waals surface area (Å²) in [5.41, 5.74) is 5.45. The van der Waals surface area contributed by atoms with Gasteiger partial charge in [-0.05, 0) is 64.3 Å². The predicted octanol–water partition coefficient (Wildman–Crippen LogP) is 17.5. The van der Waals surface area contributed by atoms with Gasteiger partial charge in [-0.25, -0.2) is 0 Å². The molecule has 0 saturated heterocycles. The van der Waals surface area contributed by atoms with Gasteiger partial charge in [-0.15, -0.1) is 0 Å². The minimum atomic E-state index is 0.872. The van der Waals surface area contributed by atoms with E-state index in [0.29, 0.717) is 0 Å². The van der Waals surface area contributed by atoms with Gasteiger partial charge in [0.15, 0.2) is 0 Å². The Morgan fingerprint density at radius 1 is 0.212 bits per heavy atom. The molecule has 0 aromatic rings. The van der Waals surface area contributed by atoms with E-state index in [2.05, 4.69) is 34.6 Å². The van der Waals surface area contributed by atoms with Gasteiger partial charge in [0, 0.05) is 0 Å². The highest BCUT2D eigenvalue weighted by atomic mass is 15.3. The van der Waals surface area contributed by atoms with Crippen molar-refractivity contribution in [2.24, 2.45) is 5.73 Å². The number of hydrogen-bond acceptors (Lipinski definition) is 1. The monoisotopic (exact) mass is 736 g/mol. The molecule has 0 aromatic carbocycles. The first kappa shape index (κ1) is 54.0. The molecule has 0 saturated carbocycles. The molecule has 0 unspecified atom stereocenters. The van der Waals surface area contributed by atoms with Gasteiger partial charge in [0.2, 0.25) is 0 Å². The fourth-order valence-corrected chi connectivity index (χ4v) is 8.27. The van der Waals surface area contributed by atoms with Crippen LogP contribution in [0.1, 0.15) is 291 Å². The molecule has 0 aliphatic rings. The van der Waals surface area contributed by atoms with Crippen LogP contribution in [0.25, 0.3) is 0 Å². The molecule has 2 N–H and O–H groups in total. The molecule has 0 aromatic heterocycles. The molecule has 0 rings (SSSR count). The van der Waals surface area contributed by atoms with Crippen LogP contribution in [0, 0.1) is 0 Å². The van der Waals surface area contributed by atoms with Crippen molar-refractivity contribution in [1.82, 2.24) is 0 Å². The summed E-state index contributed by atoms with van der Waals surface area (Å²) >= 11 is 0. The Morgan fingerprint density at radius 2 is 0.365 bits per heavy atom. The minimum Gasteiger partial charge on any atom is -0.330 e. The zero-order valence-corrected chi connectivity index (χ0v) is 37.8. The Labute approximate surface area is 333 Å². The molecular formula is C50H107N2+. The molecule has 0 bridgehead atoms. The van der Waals surface area contributed by atoms with Crippen LogP contribution in [-0.2, 0) is 0 Å². The number of unbranched alkanes of at least 4 members (excludes halogenated alkanes) is 35. The maximum absolute atomic E-state index is 5.45. The third kappa shape index (κ3) is 44.3. The maximum atomic E-state index is 5.45. The van der Waals surface area contributed by atoms with Crippen LogP contribution >= 0.6 is 0 Å². The summed E-state index contributed by atoms with van der Waals surface area (Å²) in [6, 6.07) is 0. The predicted molar refractivity (Wildman–Crippen MR) is 242 cm³/mol. The van der Waals surface area contributed by atoms with Gasteiger partial charge in [-0.2, -0.15) is 0 Å². The molecule has 0 atom stereocenters. The lowest BCUT2D eigenvalue weighted by molar-refractivity contribution is -0.929. The Bertz CT molecular complexity index is 499. The van der Waals surface area contributed by atoms with Crippen LogP contribution in [0.15, 0.2) is 0 Å². The summed E-state index contributed by atoms with van der Waals surface area (Å²) in [4.78, 5) is 0. The zero-order valence-electron chi connectivity index (χ0n) is 37.8. The van der Waals surface area contributed by atoms with E-state index in [4.69, 9.17) is 5.73 Å². The minimum absolute atomic E-state index is 0.872. The Morgan fingerprint density at radius 3 is 0.538 bits per heavy atom. The lowest BCUT2D eigenvalue weighted by Gasteiger charge is -2.40. The van der Waals surface area contributed by atoms with E-state index in [1.165, 1.54) is 287 Å². The molecule has 0 amide bonds. The normalized spacial score (nSPS) is 11.7. The second kappa shape index (κ2) is 48.9. The van der Waals surface area contributed by atoms with Crippen LogP contribution in [-0.4, -0.2) is 37.2 Å². The Balaban J connectivity index is 0. The molecule has 316 valence electrons. The fraction of sp³-hybridized carbons (Fsp3) is 1.00. The average molecular weight is 736 g/mol. The van der Waals surface area contributed by atoms with Crippen LogP contribution in [0.5, 0.6) is 0 Å². The van der Waals surface area contributed by atoms with Gasteiger partial charge in [0.25, 0.3) is 0 Å². The van der Waals surface area contributed by atoms with Crippen LogP contribution in [0.3, 0.4) is 0 Å². The third-order valence-electron chi connectivity index (χ3n) is 12.0. The highest BCUT2D eigenvalue weighted by molar-refractivity contribution is 4.56. The summed E-state index contributed by atoms with van der Waals surface area (Å²) in [6.07, 6.45) is 57.6. The summed E-state index contributed by atoms with van der Waals surface area (Å²) in [7, 11) is 0. The van der Waals surface area contributed by atoms with Gasteiger partial charge in [-0.3, -0.25) is 0 Å². The van der Waals surface area contributed by atoms with E-state index >= 15 is 0 Å². The molecule has 0 radical (unpaired) electrons. The van der Waals surface area contributed by atoms with Crippen molar-refractivity contribution in [3.05, 3.63) is 0 Å². The number of nitrogens with two attached hydrogens (primary N) is 1. The van der Waals surface area contributed by atoms with Crippen molar-refractivity contribution in [2.45, 2.75) is 291 Å². The lowest BCUT2D eigenvalue weighted by Crippen LogP contribution is -2.50. The van der Waals surface area contributed by atoms with Crippen LogP contribution in [0.4, 0.5) is 0 Å². The maximum Gasteiger partial charge on any atom is 0.0786 e. The topological polar surface area (TPSA) is 26.0 Å². The summed E-state index contributed by atoms with van der Waals surface area (Å²) < 4.78 is 1.48. The fourth-order valence-electron chi connectivity index (χ4n) is 8.27. The van der Waals surface area contributed by atoms with Crippen LogP contribution < -0.4 is 5.73 Å². The number of quaternary nitrogens is 1. The molecule has 0 spiro atoms. The standard InChI is InChI=1S/C36H76N.C14H31N/c1-5-9-13-17-21-25-29-33-37(34-30-26-22-18-14-10-6-2,35-31-27-23-19-15-11-7-3)36-32-28-24-20-16-12-8-4;1-2-3-4-5-6-7-8-9-10-11-12-13-14-15/h5-36H2,1-4H3;2-15H2,1H3/q+1;. The van der Waals surface area contributed by atoms with Crippen molar-refractivity contribution in [1.29, 1.82) is 0 Å². The Kier molecular flexibility index (Phi) is 50.8. The lowest BCUT2D eigenvalue weighted by atomic mass is 10.0. The molecule has 0 fully saturated rings. The molecule has 0 heterocycles. The van der Waals surface area contributed by atoms with E-state index in [1.54, 1.807) is 0 Å². The number of rotatable bonds is 44. The molecule has 52 heavy (non-hydrogen) atoms. The van der Waals surface area contributed by atoms with Gasteiger partial charge in [0.1, 0.15) is 0 Å². The van der Waals surface area contributed by atoms with E-state index in [1.807, 2.05) is 0 Å². The SMILES string of the molecule is CCCCCCCCCCCCCCN.CCCCCCCCC[N+](CCCCCCCCC)(CCCCCCCCC)CCCCCCCCC. The van der Waals surface area contributed by atoms with E-state index in [0.717, 1.165) is 6.54 Å². The van der Waals surface area contributed by atoms with Crippen molar-refractivity contribution in [2.75, 3.05) is 32.7 Å². The van der Waals surface area contributed by atoms with Crippen molar-refractivity contribution in [3.63, 3.8) is 0 Å². The highest BCUT2D eigenvalue weighted by Gasteiger charge is 2.25. The van der Waals surface area contributed by atoms with E-state index in [9.17, 15) is 0 Å². The molecule has 0 aliphatic carbocycles. The highest BCUT2D eigenvalue weighted by Crippen LogP contribution is 2.21. The van der Waals surface area contributed by atoms with Gasteiger partial charge in [0.05, 0.1) is 26.2 Å². The number of hydrogen-bond donors (Lipinski definition) is 1. The van der Waals surface area contributed by atoms with E-state index < -0.39 is 0 Å². The van der Waals surface area contributed by atoms with Crippen molar-refractivity contribution >= 4 is 0 Å².